The highest BCUT2D eigenvalue weighted by atomic mass is 16.5. The van der Waals surface area contributed by atoms with E-state index < -0.39 is 0 Å². The lowest BCUT2D eigenvalue weighted by Gasteiger charge is -2.36. The molecule has 6 heteroatoms. The lowest BCUT2D eigenvalue weighted by atomic mass is 9.85. The summed E-state index contributed by atoms with van der Waals surface area (Å²) in [6.45, 7) is 0.535. The van der Waals surface area contributed by atoms with E-state index in [1.807, 2.05) is 49.5 Å². The first-order chi connectivity index (χ1) is 14.7. The largest absolute Gasteiger partial charge is 0.489 e. The van der Waals surface area contributed by atoms with Crippen LogP contribution in [0.5, 0.6) is 5.75 Å². The number of imidazole rings is 1. The predicted octanol–water partition coefficient (Wildman–Crippen LogP) is 3.99. The molecule has 30 heavy (non-hydrogen) atoms. The SMILES string of the molecule is CN1c2ccccc2OCC1CC(=O)NC1CCCC(c2nc3ccccc3[nH]2)C1. The quantitative estimate of drug-likeness (QED) is 0.690. The van der Waals surface area contributed by atoms with Crippen LogP contribution in [0.15, 0.2) is 48.5 Å². The first-order valence-corrected chi connectivity index (χ1v) is 10.9. The van der Waals surface area contributed by atoms with Crippen LogP contribution < -0.4 is 15.0 Å². The van der Waals surface area contributed by atoms with E-state index in [0.29, 0.717) is 18.9 Å². The van der Waals surface area contributed by atoms with Crippen LogP contribution in [-0.4, -0.2) is 41.6 Å². The van der Waals surface area contributed by atoms with Crippen molar-refractivity contribution in [1.29, 1.82) is 0 Å². The molecule has 0 saturated heterocycles. The van der Waals surface area contributed by atoms with Gasteiger partial charge in [-0.2, -0.15) is 0 Å². The molecular weight excluding hydrogens is 376 g/mol. The molecule has 0 radical (unpaired) electrons. The number of aromatic amines is 1. The Bertz CT molecular complexity index is 1010. The maximum Gasteiger partial charge on any atom is 0.222 e. The average molecular weight is 405 g/mol. The van der Waals surface area contributed by atoms with Crippen molar-refractivity contribution in [2.45, 2.75) is 50.1 Å². The third-order valence-electron chi connectivity index (χ3n) is 6.48. The monoisotopic (exact) mass is 404 g/mol. The summed E-state index contributed by atoms with van der Waals surface area (Å²) in [7, 11) is 2.04. The number of rotatable bonds is 4. The van der Waals surface area contributed by atoms with Gasteiger partial charge in [-0.25, -0.2) is 4.98 Å². The summed E-state index contributed by atoms with van der Waals surface area (Å²) < 4.78 is 5.87. The van der Waals surface area contributed by atoms with Gasteiger partial charge in [-0.1, -0.05) is 30.7 Å². The molecule has 1 amide bonds. The Labute approximate surface area is 176 Å². The summed E-state index contributed by atoms with van der Waals surface area (Å²) in [4.78, 5) is 23.2. The minimum atomic E-state index is 0.0506. The van der Waals surface area contributed by atoms with Crippen LogP contribution >= 0.6 is 0 Å². The Hall–Kier alpha value is -3.02. The second-order valence-corrected chi connectivity index (χ2v) is 8.51. The summed E-state index contributed by atoms with van der Waals surface area (Å²) in [5.74, 6) is 2.40. The highest BCUT2D eigenvalue weighted by Gasteiger charge is 2.29. The van der Waals surface area contributed by atoms with Gasteiger partial charge in [-0.05, 0) is 43.5 Å². The number of benzene rings is 2. The fraction of sp³-hybridized carbons (Fsp3) is 0.417. The van der Waals surface area contributed by atoms with Crippen molar-refractivity contribution in [3.63, 3.8) is 0 Å². The van der Waals surface area contributed by atoms with Crippen LogP contribution in [0.25, 0.3) is 11.0 Å². The van der Waals surface area contributed by atoms with Gasteiger partial charge in [0.1, 0.15) is 18.2 Å². The van der Waals surface area contributed by atoms with Crippen molar-refractivity contribution in [2.24, 2.45) is 0 Å². The molecule has 3 atom stereocenters. The Morgan fingerprint density at radius 3 is 2.93 bits per heavy atom. The minimum Gasteiger partial charge on any atom is -0.489 e. The van der Waals surface area contributed by atoms with Crippen molar-refractivity contribution in [1.82, 2.24) is 15.3 Å². The molecular formula is C24H28N4O2. The number of H-pyrrole nitrogens is 1. The number of likely N-dealkylation sites (N-methyl/N-ethyl adjacent to an activating group) is 1. The number of carbonyl (C=O) groups excluding carboxylic acids is 1. The highest BCUT2D eigenvalue weighted by Crippen LogP contribution is 2.34. The van der Waals surface area contributed by atoms with E-state index in [2.05, 4.69) is 21.3 Å². The lowest BCUT2D eigenvalue weighted by molar-refractivity contribution is -0.122. The molecule has 0 bridgehead atoms. The number of para-hydroxylation sites is 4. The van der Waals surface area contributed by atoms with Gasteiger partial charge < -0.3 is 19.9 Å². The summed E-state index contributed by atoms with van der Waals surface area (Å²) in [5.41, 5.74) is 3.14. The van der Waals surface area contributed by atoms with Crippen molar-refractivity contribution < 1.29 is 9.53 Å². The fourth-order valence-electron chi connectivity index (χ4n) is 4.80. The van der Waals surface area contributed by atoms with Crippen molar-refractivity contribution in [3.05, 3.63) is 54.4 Å². The van der Waals surface area contributed by atoms with E-state index in [0.717, 1.165) is 54.0 Å². The second kappa shape index (κ2) is 8.01. The topological polar surface area (TPSA) is 70.2 Å². The molecule has 5 rings (SSSR count). The zero-order chi connectivity index (χ0) is 20.5. The van der Waals surface area contributed by atoms with Gasteiger partial charge in [-0.3, -0.25) is 4.79 Å². The number of fused-ring (bicyclic) bond motifs is 2. The van der Waals surface area contributed by atoms with Gasteiger partial charge >= 0.3 is 0 Å². The maximum absolute atomic E-state index is 12.8. The van der Waals surface area contributed by atoms with Crippen molar-refractivity contribution >= 4 is 22.6 Å². The zero-order valence-electron chi connectivity index (χ0n) is 17.3. The number of hydrogen-bond donors (Lipinski definition) is 2. The van der Waals surface area contributed by atoms with Gasteiger partial charge in [0.25, 0.3) is 0 Å². The van der Waals surface area contributed by atoms with E-state index >= 15 is 0 Å². The Morgan fingerprint density at radius 1 is 1.20 bits per heavy atom. The highest BCUT2D eigenvalue weighted by molar-refractivity contribution is 5.78. The molecule has 2 aliphatic rings. The molecule has 3 unspecified atom stereocenters. The molecule has 2 N–H and O–H groups in total. The van der Waals surface area contributed by atoms with Crippen LogP contribution in [0, 0.1) is 0 Å². The zero-order valence-corrected chi connectivity index (χ0v) is 17.3. The summed E-state index contributed by atoms with van der Waals surface area (Å²) in [5, 5.41) is 3.28. The molecule has 6 nitrogen and oxygen atoms in total. The van der Waals surface area contributed by atoms with Crippen LogP contribution in [0.4, 0.5) is 5.69 Å². The van der Waals surface area contributed by atoms with Gasteiger partial charge in [0, 0.05) is 19.0 Å². The normalized spacial score (nSPS) is 23.6. The first-order valence-electron chi connectivity index (χ1n) is 10.9. The van der Waals surface area contributed by atoms with E-state index in [1.54, 1.807) is 0 Å². The van der Waals surface area contributed by atoms with E-state index in [9.17, 15) is 4.79 Å². The van der Waals surface area contributed by atoms with Crippen LogP contribution in [0.1, 0.15) is 43.8 Å². The Kier molecular flexibility index (Phi) is 5.07. The molecule has 0 spiro atoms. The van der Waals surface area contributed by atoms with E-state index in [-0.39, 0.29) is 18.0 Å². The molecule has 2 aromatic carbocycles. The van der Waals surface area contributed by atoms with Crippen molar-refractivity contribution in [2.75, 3.05) is 18.6 Å². The van der Waals surface area contributed by atoms with Gasteiger partial charge in [0.2, 0.25) is 5.91 Å². The standard InChI is InChI=1S/C24H28N4O2/c1-28-18(15-30-22-12-5-4-11-21(22)28)14-23(29)25-17-8-6-7-16(13-17)24-26-19-9-2-3-10-20(19)27-24/h2-5,9-12,16-18H,6-8,13-15H2,1H3,(H,25,29)(H,26,27). The number of amides is 1. The number of aromatic nitrogens is 2. The molecule has 1 aromatic heterocycles. The number of ether oxygens (including phenoxy) is 1. The average Bonchev–Trinajstić information content (AvgIpc) is 3.20. The number of hydrogen-bond acceptors (Lipinski definition) is 4. The molecule has 1 aliphatic heterocycles. The Balaban J connectivity index is 1.20. The third kappa shape index (κ3) is 3.74. The molecule has 1 fully saturated rings. The molecule has 156 valence electrons. The summed E-state index contributed by atoms with van der Waals surface area (Å²) in [6, 6.07) is 16.4. The Morgan fingerprint density at radius 2 is 2.03 bits per heavy atom. The lowest BCUT2D eigenvalue weighted by Crippen LogP contribution is -2.46. The maximum atomic E-state index is 12.8. The molecule has 1 aliphatic carbocycles. The summed E-state index contributed by atoms with van der Waals surface area (Å²) in [6.07, 6.45) is 4.62. The van der Waals surface area contributed by atoms with E-state index in [1.165, 1.54) is 0 Å². The van der Waals surface area contributed by atoms with E-state index in [4.69, 9.17) is 9.72 Å². The molecule has 1 saturated carbocycles. The van der Waals surface area contributed by atoms with Crippen LogP contribution in [0.2, 0.25) is 0 Å². The number of nitrogens with zero attached hydrogens (tertiary/aromatic N) is 2. The fourth-order valence-corrected chi connectivity index (χ4v) is 4.80. The summed E-state index contributed by atoms with van der Waals surface area (Å²) >= 11 is 0. The van der Waals surface area contributed by atoms with Crippen LogP contribution in [0.3, 0.4) is 0 Å². The first kappa shape index (κ1) is 19.0. The van der Waals surface area contributed by atoms with Gasteiger partial charge in [0.15, 0.2) is 0 Å². The third-order valence-corrected chi connectivity index (χ3v) is 6.48. The predicted molar refractivity (Wildman–Crippen MR) is 118 cm³/mol. The molecule has 3 aromatic rings. The number of carbonyl (C=O) groups is 1. The van der Waals surface area contributed by atoms with Crippen molar-refractivity contribution in [3.8, 4) is 5.75 Å². The second-order valence-electron chi connectivity index (χ2n) is 8.51. The van der Waals surface area contributed by atoms with Gasteiger partial charge in [0.05, 0.1) is 29.2 Å². The number of nitrogens with one attached hydrogen (secondary N) is 2. The minimum absolute atomic E-state index is 0.0506. The van der Waals surface area contributed by atoms with Crippen LogP contribution in [-0.2, 0) is 4.79 Å². The number of anilines is 1. The van der Waals surface area contributed by atoms with Gasteiger partial charge in [-0.15, -0.1) is 0 Å². The smallest absolute Gasteiger partial charge is 0.222 e. The molecule has 2 heterocycles.